The van der Waals surface area contributed by atoms with Gasteiger partial charge >= 0.3 is 87.7 Å². The summed E-state index contributed by atoms with van der Waals surface area (Å²) in [6, 6.07) is -3.23. The molecule has 0 bridgehead atoms. The number of piperidine rings is 2. The minimum atomic E-state index is -1.08. The average molecular weight is 1140 g/mol. The molecule has 0 unspecified atom stereocenters. The molecule has 2 heterocycles. The van der Waals surface area contributed by atoms with E-state index in [4.69, 9.17) is 44.3 Å². The van der Waals surface area contributed by atoms with Gasteiger partial charge in [-0.05, 0) is 101 Å². The van der Waals surface area contributed by atoms with Gasteiger partial charge in [0, 0.05) is 64.0 Å². The summed E-state index contributed by atoms with van der Waals surface area (Å²) in [7, 11) is 0. The summed E-state index contributed by atoms with van der Waals surface area (Å²) in [6.07, 6.45) is 4.47. The fourth-order valence-corrected chi connectivity index (χ4v) is 9.07. The third kappa shape index (κ3) is 28.3. The zero-order valence-corrected chi connectivity index (χ0v) is 50.3. The zero-order valence-electron chi connectivity index (χ0n) is 47.2. The van der Waals surface area contributed by atoms with E-state index in [1.165, 1.54) is 13.8 Å². The van der Waals surface area contributed by atoms with Gasteiger partial charge in [0.15, 0.2) is 0 Å². The van der Waals surface area contributed by atoms with Crippen LogP contribution in [-0.2, 0) is 52.3 Å². The van der Waals surface area contributed by atoms with Crippen LogP contribution in [0.1, 0.15) is 122 Å². The van der Waals surface area contributed by atoms with Crippen molar-refractivity contribution >= 4 is 48.1 Å². The number of nitrogens with zero attached hydrogens (tertiary/aromatic N) is 2. The molecule has 442 valence electrons. The molecule has 0 spiro atoms. The zero-order chi connectivity index (χ0) is 57.2. The van der Waals surface area contributed by atoms with E-state index in [9.17, 15) is 43.5 Å². The second-order valence-electron chi connectivity index (χ2n) is 20.3. The minimum Gasteiger partial charge on any atom is -0.553 e. The van der Waals surface area contributed by atoms with Crippen molar-refractivity contribution in [1.82, 2.24) is 41.7 Å². The standard InChI is InChI=1S/C26H44N4O8.C24H40N4O8.CH4.K.H2NO/c1-7-35-23(32)18-14-20(29-25(34)38-26(4,5)6)22(28-17(3)31)21(15-18)30-12-9-10-19(16-30)37-13-11-27-24(33)36-8-2;1-6-34-22(32)25-9-11-35-17-8-7-10-28(14-17)19-13-16(21(30)31)12-18(20(19)26-15(2)29)27-23(33)36-24(3,4)5;;;1-2/h15,19-22H,7-14,16H2,1-6H3,(H,27,33)(H,28,31)(H,29,34);13,17-20H,6-12,14H2,1-5H3,(H,25,32)(H,26,29)(H,27,33)(H,30,31);1H4;;1-2H/q;;;+1;-1/t19-,20-,21+,22+;17-,18-,19+,20+;;;/m00.../s1. The second kappa shape index (κ2) is 37.7. The first-order chi connectivity index (χ1) is 35.8. The van der Waals surface area contributed by atoms with Crippen molar-refractivity contribution in [3.05, 3.63) is 29.2 Å². The van der Waals surface area contributed by atoms with Crippen molar-refractivity contribution in [2.45, 2.75) is 182 Å². The summed E-state index contributed by atoms with van der Waals surface area (Å²) < 4.78 is 37.7. The van der Waals surface area contributed by atoms with Gasteiger partial charge in [-0.3, -0.25) is 19.4 Å². The monoisotopic (exact) mass is 1140 g/mol. The van der Waals surface area contributed by atoms with Gasteiger partial charge in [0.25, 0.3) is 0 Å². The van der Waals surface area contributed by atoms with Gasteiger partial charge < -0.3 is 81.3 Å². The van der Waals surface area contributed by atoms with Crippen LogP contribution >= 0.6 is 0 Å². The van der Waals surface area contributed by atoms with Gasteiger partial charge in [-0.1, -0.05) is 19.6 Å². The third-order valence-electron chi connectivity index (χ3n) is 11.8. The number of hydrogen-bond donors (Lipinski definition) is 8. The van der Waals surface area contributed by atoms with E-state index in [0.29, 0.717) is 64.7 Å². The summed E-state index contributed by atoms with van der Waals surface area (Å²) in [5.41, 5.74) is -0.848. The smallest absolute Gasteiger partial charge is 0.553 e. The van der Waals surface area contributed by atoms with Crippen LogP contribution in [0.3, 0.4) is 0 Å². The quantitative estimate of drug-likeness (QED) is 0.0297. The van der Waals surface area contributed by atoms with E-state index in [-0.39, 0.29) is 114 Å². The van der Waals surface area contributed by atoms with Gasteiger partial charge in [0.2, 0.25) is 11.8 Å². The van der Waals surface area contributed by atoms with Crippen LogP contribution in [0.4, 0.5) is 19.2 Å². The number of esters is 1. The summed E-state index contributed by atoms with van der Waals surface area (Å²) in [5.74, 6) is 2.68. The Hall–Kier alpha value is -4.16. The number of nitrogens with one attached hydrogen (secondary N) is 7. The number of alkyl carbamates (subject to hydrolysis) is 4. The first kappa shape index (κ1) is 73.8. The number of hydrogen-bond acceptors (Lipinski definition) is 18. The maximum atomic E-state index is 12.7. The molecule has 2 aliphatic carbocycles. The molecule has 4 aliphatic rings. The molecular weight excluding hydrogens is 1050 g/mol. The van der Waals surface area contributed by atoms with E-state index in [0.717, 1.165) is 25.7 Å². The number of carbonyl (C=O) groups excluding carboxylic acids is 7. The van der Waals surface area contributed by atoms with Crippen LogP contribution in [0.5, 0.6) is 0 Å². The van der Waals surface area contributed by atoms with Gasteiger partial charge in [0.1, 0.15) is 11.2 Å². The van der Waals surface area contributed by atoms with Crippen molar-refractivity contribution in [2.24, 2.45) is 0 Å². The molecule has 2 fully saturated rings. The van der Waals surface area contributed by atoms with Crippen molar-refractivity contribution < 1.29 is 133 Å². The molecule has 27 heteroatoms. The summed E-state index contributed by atoms with van der Waals surface area (Å²) in [6.45, 7) is 23.0. The molecule has 0 radical (unpaired) electrons. The number of carbonyl (C=O) groups is 8. The normalized spacial score (nSPS) is 23.2. The van der Waals surface area contributed by atoms with Gasteiger partial charge in [0.05, 0.1) is 81.5 Å². The molecule has 78 heavy (non-hydrogen) atoms. The van der Waals surface area contributed by atoms with E-state index in [1.807, 2.05) is 6.08 Å². The number of carboxylic acids is 1. The Kier molecular flexibility index (Phi) is 35.7. The Bertz CT molecular complexity index is 1970. The maximum Gasteiger partial charge on any atom is 1.00 e. The predicted molar refractivity (Wildman–Crippen MR) is 283 cm³/mol. The first-order valence-corrected chi connectivity index (χ1v) is 25.9. The van der Waals surface area contributed by atoms with Crippen molar-refractivity contribution in [3.8, 4) is 0 Å². The molecule has 4 rings (SSSR count). The molecule has 0 saturated carbocycles. The number of ether oxygens (including phenoxy) is 7. The van der Waals surface area contributed by atoms with E-state index in [1.54, 1.807) is 68.4 Å². The number of rotatable bonds is 19. The number of amides is 6. The van der Waals surface area contributed by atoms with E-state index in [2.05, 4.69) is 41.7 Å². The Labute approximate surface area is 502 Å². The maximum absolute atomic E-state index is 12.7. The molecule has 2 saturated heterocycles. The molecule has 0 aromatic rings. The molecular formula is C51H90KN9O17. The topological polar surface area (TPSA) is 344 Å². The molecule has 8 atom stereocenters. The second-order valence-corrected chi connectivity index (χ2v) is 20.3. The summed E-state index contributed by atoms with van der Waals surface area (Å²) >= 11 is 0. The van der Waals surface area contributed by atoms with Crippen molar-refractivity contribution in [1.29, 1.82) is 0 Å². The van der Waals surface area contributed by atoms with Crippen LogP contribution in [0, 0.1) is 0 Å². The number of carboxylic acid groups (broad SMARTS) is 1. The van der Waals surface area contributed by atoms with Crippen LogP contribution < -0.4 is 83.3 Å². The molecule has 9 N–H and O–H groups in total. The van der Waals surface area contributed by atoms with Gasteiger partial charge in [-0.2, -0.15) is 0 Å². The Morgan fingerprint density at radius 1 is 0.603 bits per heavy atom. The predicted octanol–water partition coefficient (Wildman–Crippen LogP) is 1.34. The van der Waals surface area contributed by atoms with Crippen molar-refractivity contribution in [3.63, 3.8) is 0 Å². The third-order valence-corrected chi connectivity index (χ3v) is 11.8. The van der Waals surface area contributed by atoms with Crippen LogP contribution in [-0.4, -0.2) is 200 Å². The molecule has 0 aromatic carbocycles. The SMILES string of the molecule is C.CCOC(=O)NCCO[C@H]1CCCN([C@@H]2C=C(C(=O)O)C[C@H](NC(=O)OC(C)(C)C)[C@H]2NC(C)=O)C1.CCOC(=O)NCCO[C@H]1CCCN([C@@H]2C=C(C(=O)OCC)C[C@H](NC(=O)OC(C)(C)C)[C@H]2NC(C)=O)C1.[K+].[NH-]O. The molecule has 2 aliphatic heterocycles. The fraction of sp³-hybridized carbons (Fsp3) is 0.765. The van der Waals surface area contributed by atoms with Crippen molar-refractivity contribution in [2.75, 3.05) is 72.3 Å². The fourth-order valence-electron chi connectivity index (χ4n) is 9.07. The molecule has 0 aromatic heterocycles. The van der Waals surface area contributed by atoms with Gasteiger partial charge in [-0.25, -0.2) is 28.8 Å². The Balaban J connectivity index is 0.00000144. The number of aliphatic carboxylic acids is 1. The molecule has 26 nitrogen and oxygen atoms in total. The average Bonchev–Trinajstić information content (AvgIpc) is 3.32. The summed E-state index contributed by atoms with van der Waals surface area (Å²) in [4.78, 5) is 101. The van der Waals surface area contributed by atoms with E-state index >= 15 is 0 Å². The summed E-state index contributed by atoms with van der Waals surface area (Å²) in [5, 5.41) is 32.8. The van der Waals surface area contributed by atoms with Crippen LogP contribution in [0.2, 0.25) is 0 Å². The minimum absolute atomic E-state index is 0. The number of likely N-dealkylation sites (tertiary alicyclic amines) is 2. The van der Waals surface area contributed by atoms with Gasteiger partial charge in [-0.15, -0.1) is 0 Å². The largest absolute Gasteiger partial charge is 1.00 e. The first-order valence-electron chi connectivity index (χ1n) is 25.9. The van der Waals surface area contributed by atoms with Crippen LogP contribution in [0.15, 0.2) is 23.3 Å². The van der Waals surface area contributed by atoms with Crippen LogP contribution in [0.25, 0.3) is 5.90 Å². The Morgan fingerprint density at radius 2 is 0.974 bits per heavy atom. The van der Waals surface area contributed by atoms with E-state index < -0.39 is 83.8 Å². The Morgan fingerprint density at radius 3 is 1.32 bits per heavy atom. The molecule has 6 amide bonds.